The first kappa shape index (κ1) is 24.7. The molecular formula is C29H32N2O3S. The van der Waals surface area contributed by atoms with Crippen LogP contribution in [-0.2, 0) is 16.0 Å². The number of thiophene rings is 1. The molecule has 0 spiro atoms. The van der Waals surface area contributed by atoms with Crippen LogP contribution in [0.25, 0.3) is 6.08 Å². The molecule has 1 unspecified atom stereocenters. The van der Waals surface area contributed by atoms with E-state index in [0.717, 1.165) is 36.1 Å². The van der Waals surface area contributed by atoms with Gasteiger partial charge in [0.2, 0.25) is 11.8 Å². The Morgan fingerprint density at radius 2 is 1.89 bits per heavy atom. The molecule has 4 rings (SSSR count). The van der Waals surface area contributed by atoms with E-state index in [0.29, 0.717) is 13.1 Å². The molecule has 1 aliphatic rings. The van der Waals surface area contributed by atoms with Gasteiger partial charge in [-0.3, -0.25) is 9.59 Å². The highest BCUT2D eigenvalue weighted by Crippen LogP contribution is 2.38. The fourth-order valence-corrected chi connectivity index (χ4v) is 5.34. The number of benzene rings is 2. The first-order valence-electron chi connectivity index (χ1n) is 12.1. The Kier molecular flexibility index (Phi) is 8.37. The van der Waals surface area contributed by atoms with Crippen molar-refractivity contribution in [3.05, 3.63) is 93.7 Å². The number of ether oxygens (including phenoxy) is 1. The second-order valence-corrected chi connectivity index (χ2v) is 9.67. The van der Waals surface area contributed by atoms with Crippen LogP contribution in [-0.4, -0.2) is 48.4 Å². The summed E-state index contributed by atoms with van der Waals surface area (Å²) in [5.74, 6) is 0.625. The molecule has 0 bridgehead atoms. The highest BCUT2D eigenvalue weighted by Gasteiger charge is 2.33. The highest BCUT2D eigenvalue weighted by atomic mass is 32.1. The second-order valence-electron chi connectivity index (χ2n) is 8.67. The Bertz CT molecular complexity index is 1150. The van der Waals surface area contributed by atoms with Crippen molar-refractivity contribution in [2.75, 3.05) is 26.7 Å². The van der Waals surface area contributed by atoms with Gasteiger partial charge in [-0.2, -0.15) is 0 Å². The molecule has 0 fully saturated rings. The Morgan fingerprint density at radius 3 is 2.60 bits per heavy atom. The van der Waals surface area contributed by atoms with Crippen LogP contribution in [0.1, 0.15) is 47.4 Å². The van der Waals surface area contributed by atoms with E-state index in [1.165, 1.54) is 10.4 Å². The summed E-state index contributed by atoms with van der Waals surface area (Å²) in [6.45, 7) is 3.36. The van der Waals surface area contributed by atoms with Crippen LogP contribution >= 0.6 is 11.3 Å². The SMILES string of the molecule is CCCCN(CC(=O)N1CCc2sccc2C1c1ccc(OC)cc1)C(=O)/C=C/c1ccccc1. The van der Waals surface area contributed by atoms with E-state index in [1.54, 1.807) is 29.4 Å². The van der Waals surface area contributed by atoms with Gasteiger partial charge in [0.05, 0.1) is 13.2 Å². The number of rotatable bonds is 9. The lowest BCUT2D eigenvalue weighted by atomic mass is 9.93. The number of fused-ring (bicyclic) bond motifs is 1. The molecule has 35 heavy (non-hydrogen) atoms. The van der Waals surface area contributed by atoms with Crippen molar-refractivity contribution in [3.8, 4) is 5.75 Å². The molecule has 0 radical (unpaired) electrons. The van der Waals surface area contributed by atoms with Crippen LogP contribution in [0.3, 0.4) is 0 Å². The number of carbonyl (C=O) groups excluding carboxylic acids is 2. The zero-order chi connectivity index (χ0) is 24.6. The summed E-state index contributed by atoms with van der Waals surface area (Å²) in [5, 5.41) is 2.10. The predicted molar refractivity (Wildman–Crippen MR) is 142 cm³/mol. The first-order chi connectivity index (χ1) is 17.1. The van der Waals surface area contributed by atoms with Crippen molar-refractivity contribution in [3.63, 3.8) is 0 Å². The lowest BCUT2D eigenvalue weighted by Gasteiger charge is -2.37. The Morgan fingerprint density at radius 1 is 1.11 bits per heavy atom. The molecule has 1 atom stereocenters. The molecule has 0 saturated carbocycles. The van der Waals surface area contributed by atoms with Crippen LogP contribution in [0, 0.1) is 0 Å². The van der Waals surface area contributed by atoms with E-state index in [-0.39, 0.29) is 24.4 Å². The maximum absolute atomic E-state index is 13.7. The summed E-state index contributed by atoms with van der Waals surface area (Å²) in [5.41, 5.74) is 3.19. The third-order valence-electron chi connectivity index (χ3n) is 6.36. The lowest BCUT2D eigenvalue weighted by Crippen LogP contribution is -2.46. The van der Waals surface area contributed by atoms with Gasteiger partial charge in [-0.25, -0.2) is 0 Å². The van der Waals surface area contributed by atoms with Gasteiger partial charge < -0.3 is 14.5 Å². The molecule has 2 amide bonds. The average molecular weight is 489 g/mol. The van der Waals surface area contributed by atoms with Gasteiger partial charge in [0.1, 0.15) is 12.3 Å². The minimum Gasteiger partial charge on any atom is -0.497 e. The van der Waals surface area contributed by atoms with Crippen LogP contribution in [0.4, 0.5) is 0 Å². The Balaban J connectivity index is 1.55. The average Bonchev–Trinajstić information content (AvgIpc) is 3.38. The zero-order valence-corrected chi connectivity index (χ0v) is 21.2. The number of hydrogen-bond acceptors (Lipinski definition) is 4. The lowest BCUT2D eigenvalue weighted by molar-refractivity contribution is -0.139. The summed E-state index contributed by atoms with van der Waals surface area (Å²) in [7, 11) is 1.65. The summed E-state index contributed by atoms with van der Waals surface area (Å²) >= 11 is 1.74. The van der Waals surface area contributed by atoms with Gasteiger partial charge in [0.15, 0.2) is 0 Å². The molecule has 3 aromatic rings. The van der Waals surface area contributed by atoms with Gasteiger partial charge in [0.25, 0.3) is 0 Å². The molecule has 1 aliphatic heterocycles. The van der Waals surface area contributed by atoms with Gasteiger partial charge in [-0.05, 0) is 59.2 Å². The minimum atomic E-state index is -0.161. The van der Waals surface area contributed by atoms with Crippen molar-refractivity contribution in [1.29, 1.82) is 0 Å². The summed E-state index contributed by atoms with van der Waals surface area (Å²) in [6, 6.07) is 19.6. The summed E-state index contributed by atoms with van der Waals surface area (Å²) in [4.78, 5) is 31.7. The molecular weight excluding hydrogens is 456 g/mol. The highest BCUT2D eigenvalue weighted by molar-refractivity contribution is 7.10. The third kappa shape index (κ3) is 6.01. The number of hydrogen-bond donors (Lipinski definition) is 0. The molecule has 2 heterocycles. The second kappa shape index (κ2) is 11.8. The molecule has 1 aromatic heterocycles. The van der Waals surface area contributed by atoms with Crippen molar-refractivity contribution in [1.82, 2.24) is 9.80 Å². The topological polar surface area (TPSA) is 49.9 Å². The van der Waals surface area contributed by atoms with Crippen LogP contribution in [0.5, 0.6) is 5.75 Å². The Labute approximate surface area is 211 Å². The van der Waals surface area contributed by atoms with Gasteiger partial charge in [-0.15, -0.1) is 11.3 Å². The molecule has 2 aromatic carbocycles. The van der Waals surface area contributed by atoms with Crippen molar-refractivity contribution >= 4 is 29.2 Å². The summed E-state index contributed by atoms with van der Waals surface area (Å²) < 4.78 is 5.33. The van der Waals surface area contributed by atoms with Gasteiger partial charge in [-0.1, -0.05) is 55.8 Å². The van der Waals surface area contributed by atoms with Gasteiger partial charge in [0, 0.05) is 24.0 Å². The first-order valence-corrected chi connectivity index (χ1v) is 13.0. The standard InChI is InChI=1S/C29H32N2O3S/c1-3-4-18-30(27(32)15-10-22-8-6-5-7-9-22)21-28(33)31-19-16-26-25(17-20-35-26)29(31)23-11-13-24(34-2)14-12-23/h5-15,17,20,29H,3-4,16,18-19,21H2,1-2H3/b15-10+. The minimum absolute atomic E-state index is 0.0276. The quantitative estimate of drug-likeness (QED) is 0.370. The van der Waals surface area contributed by atoms with E-state index in [9.17, 15) is 9.59 Å². The van der Waals surface area contributed by atoms with Crippen LogP contribution < -0.4 is 4.74 Å². The van der Waals surface area contributed by atoms with Crippen LogP contribution in [0.2, 0.25) is 0 Å². The van der Waals surface area contributed by atoms with Crippen molar-refractivity contribution in [2.45, 2.75) is 32.2 Å². The normalized spacial score (nSPS) is 15.1. The number of methoxy groups -OCH3 is 1. The fraction of sp³-hybridized carbons (Fsp3) is 0.310. The Hall–Kier alpha value is -3.38. The predicted octanol–water partition coefficient (Wildman–Crippen LogP) is 5.57. The van der Waals surface area contributed by atoms with Gasteiger partial charge >= 0.3 is 0 Å². The molecule has 5 nitrogen and oxygen atoms in total. The van der Waals surface area contributed by atoms with Crippen LogP contribution in [0.15, 0.2) is 72.1 Å². The van der Waals surface area contributed by atoms with E-state index in [4.69, 9.17) is 4.74 Å². The smallest absolute Gasteiger partial charge is 0.247 e. The molecule has 0 saturated heterocycles. The summed E-state index contributed by atoms with van der Waals surface area (Å²) in [6.07, 6.45) is 6.03. The monoisotopic (exact) mass is 488 g/mol. The fourth-order valence-electron chi connectivity index (χ4n) is 4.44. The molecule has 0 aliphatic carbocycles. The number of unbranched alkanes of at least 4 members (excludes halogenated alkanes) is 1. The van der Waals surface area contributed by atoms with E-state index in [2.05, 4.69) is 18.4 Å². The maximum Gasteiger partial charge on any atom is 0.247 e. The number of nitrogens with zero attached hydrogens (tertiary/aromatic N) is 2. The van der Waals surface area contributed by atoms with E-state index >= 15 is 0 Å². The van der Waals surface area contributed by atoms with Crippen molar-refractivity contribution < 1.29 is 14.3 Å². The third-order valence-corrected chi connectivity index (χ3v) is 7.35. The zero-order valence-electron chi connectivity index (χ0n) is 20.4. The number of carbonyl (C=O) groups is 2. The molecule has 182 valence electrons. The largest absolute Gasteiger partial charge is 0.497 e. The van der Waals surface area contributed by atoms with Crippen molar-refractivity contribution in [2.24, 2.45) is 0 Å². The number of amides is 2. The van der Waals surface area contributed by atoms with E-state index < -0.39 is 0 Å². The molecule has 0 N–H and O–H groups in total. The molecule has 6 heteroatoms. The maximum atomic E-state index is 13.7. The van der Waals surface area contributed by atoms with E-state index in [1.807, 2.05) is 65.6 Å².